The van der Waals surface area contributed by atoms with Gasteiger partial charge < -0.3 is 10.4 Å². The van der Waals surface area contributed by atoms with Gasteiger partial charge in [0.2, 0.25) is 10.0 Å². The Morgan fingerprint density at radius 2 is 2.16 bits per heavy atom. The van der Waals surface area contributed by atoms with Gasteiger partial charge >= 0.3 is 5.97 Å². The highest BCUT2D eigenvalue weighted by atomic mass is 32.2. The zero-order valence-corrected chi connectivity index (χ0v) is 12.2. The molecule has 0 amide bonds. The summed E-state index contributed by atoms with van der Waals surface area (Å²) in [6.45, 7) is 3.94. The Labute approximate surface area is 116 Å². The molecule has 0 atom stereocenters. The molecule has 1 fully saturated rings. The van der Waals surface area contributed by atoms with Gasteiger partial charge in [0.15, 0.2) is 0 Å². The van der Waals surface area contributed by atoms with Gasteiger partial charge in [-0.25, -0.2) is 13.2 Å². The highest BCUT2D eigenvalue weighted by Gasteiger charge is 2.29. The molecule has 0 radical (unpaired) electrons. The van der Waals surface area contributed by atoms with Crippen LogP contribution in [0.5, 0.6) is 0 Å². The van der Waals surface area contributed by atoms with E-state index in [-0.39, 0.29) is 9.77 Å². The standard InChI is InChI=1S/C11H16N2O4S2/c1-8-10(7-9(18-8)11(14)15)19(16,17)13-5-2-3-12-4-6-13/h7,12H,2-6H2,1H3,(H,14,15). The van der Waals surface area contributed by atoms with Crippen molar-refractivity contribution in [3.8, 4) is 0 Å². The van der Waals surface area contributed by atoms with E-state index in [1.165, 1.54) is 10.4 Å². The maximum absolute atomic E-state index is 12.5. The average molecular weight is 304 g/mol. The van der Waals surface area contributed by atoms with Crippen molar-refractivity contribution >= 4 is 27.3 Å². The summed E-state index contributed by atoms with van der Waals surface area (Å²) in [4.78, 5) is 11.6. The molecule has 0 unspecified atom stereocenters. The van der Waals surface area contributed by atoms with Gasteiger partial charge in [-0.05, 0) is 26.0 Å². The summed E-state index contributed by atoms with van der Waals surface area (Å²) in [7, 11) is -3.59. The van der Waals surface area contributed by atoms with Crippen LogP contribution in [-0.2, 0) is 10.0 Å². The van der Waals surface area contributed by atoms with E-state index in [1.54, 1.807) is 6.92 Å². The predicted octanol–water partition coefficient (Wildman–Crippen LogP) is 0.739. The second kappa shape index (κ2) is 5.58. The Bertz CT molecular complexity index is 572. The lowest BCUT2D eigenvalue weighted by atomic mass is 10.4. The Kier molecular flexibility index (Phi) is 4.24. The van der Waals surface area contributed by atoms with Gasteiger partial charge in [0, 0.05) is 24.5 Å². The number of hydrogen-bond acceptors (Lipinski definition) is 5. The van der Waals surface area contributed by atoms with E-state index in [2.05, 4.69) is 5.32 Å². The molecule has 1 aliphatic heterocycles. The minimum Gasteiger partial charge on any atom is -0.477 e. The quantitative estimate of drug-likeness (QED) is 0.860. The fourth-order valence-corrected chi connectivity index (χ4v) is 4.91. The van der Waals surface area contributed by atoms with Crippen LogP contribution < -0.4 is 5.32 Å². The third-order valence-electron chi connectivity index (χ3n) is 3.00. The maximum atomic E-state index is 12.5. The van der Waals surface area contributed by atoms with E-state index < -0.39 is 16.0 Å². The first-order valence-corrected chi connectivity index (χ1v) is 8.23. The van der Waals surface area contributed by atoms with Crippen molar-refractivity contribution in [2.45, 2.75) is 18.2 Å². The van der Waals surface area contributed by atoms with Crippen LogP contribution in [0.1, 0.15) is 21.0 Å². The van der Waals surface area contributed by atoms with Crippen molar-refractivity contribution in [1.82, 2.24) is 9.62 Å². The molecule has 8 heteroatoms. The Hall–Kier alpha value is -0.960. The fourth-order valence-electron chi connectivity index (χ4n) is 2.03. The van der Waals surface area contributed by atoms with Crippen LogP contribution >= 0.6 is 11.3 Å². The zero-order chi connectivity index (χ0) is 14.0. The summed E-state index contributed by atoms with van der Waals surface area (Å²) in [5.74, 6) is -1.09. The van der Waals surface area contributed by atoms with E-state index in [0.717, 1.165) is 24.3 Å². The van der Waals surface area contributed by atoms with Crippen LogP contribution in [0.25, 0.3) is 0 Å². The molecule has 0 bridgehead atoms. The van der Waals surface area contributed by atoms with E-state index in [9.17, 15) is 13.2 Å². The van der Waals surface area contributed by atoms with Crippen molar-refractivity contribution in [1.29, 1.82) is 0 Å². The minimum atomic E-state index is -3.59. The first-order valence-electron chi connectivity index (χ1n) is 5.97. The van der Waals surface area contributed by atoms with Crippen LogP contribution in [0.3, 0.4) is 0 Å². The van der Waals surface area contributed by atoms with E-state index in [4.69, 9.17) is 5.11 Å². The van der Waals surface area contributed by atoms with Crippen LogP contribution in [0, 0.1) is 6.92 Å². The minimum absolute atomic E-state index is 0.0593. The third kappa shape index (κ3) is 2.97. The van der Waals surface area contributed by atoms with Crippen LogP contribution in [-0.4, -0.2) is 50.0 Å². The van der Waals surface area contributed by atoms with Crippen molar-refractivity contribution in [2.24, 2.45) is 0 Å². The average Bonchev–Trinajstić information content (AvgIpc) is 2.59. The summed E-state index contributed by atoms with van der Waals surface area (Å²) in [6.07, 6.45) is 0.758. The fraction of sp³-hybridized carbons (Fsp3) is 0.545. The van der Waals surface area contributed by atoms with Crippen molar-refractivity contribution in [3.63, 3.8) is 0 Å². The number of aromatic carboxylic acids is 1. The van der Waals surface area contributed by atoms with Gasteiger partial charge in [-0.2, -0.15) is 4.31 Å². The first kappa shape index (κ1) is 14.4. The van der Waals surface area contributed by atoms with Gasteiger partial charge in [-0.15, -0.1) is 11.3 Å². The molecule has 1 aromatic rings. The monoisotopic (exact) mass is 304 g/mol. The maximum Gasteiger partial charge on any atom is 0.345 e. The molecule has 2 heterocycles. The van der Waals surface area contributed by atoms with Gasteiger partial charge in [0.05, 0.1) is 4.90 Å². The number of carboxylic acid groups (broad SMARTS) is 1. The number of rotatable bonds is 3. The highest BCUT2D eigenvalue weighted by molar-refractivity contribution is 7.89. The molecule has 2 N–H and O–H groups in total. The number of sulfonamides is 1. The van der Waals surface area contributed by atoms with E-state index in [0.29, 0.717) is 24.5 Å². The molecule has 106 valence electrons. The summed E-state index contributed by atoms with van der Waals surface area (Å²) < 4.78 is 26.4. The molecule has 19 heavy (non-hydrogen) atoms. The summed E-state index contributed by atoms with van der Waals surface area (Å²) in [5, 5.41) is 12.1. The van der Waals surface area contributed by atoms with Gasteiger partial charge in [0.1, 0.15) is 4.88 Å². The second-order valence-corrected chi connectivity index (χ2v) is 7.51. The number of aryl methyl sites for hydroxylation is 1. The number of nitrogens with zero attached hydrogens (tertiary/aromatic N) is 1. The normalized spacial score (nSPS) is 18.2. The van der Waals surface area contributed by atoms with Gasteiger partial charge in [0.25, 0.3) is 0 Å². The molecule has 1 aliphatic rings. The molecule has 1 aromatic heterocycles. The zero-order valence-electron chi connectivity index (χ0n) is 10.5. The lowest BCUT2D eigenvalue weighted by Gasteiger charge is -2.19. The third-order valence-corrected chi connectivity index (χ3v) is 6.19. The molecule has 1 saturated heterocycles. The lowest BCUT2D eigenvalue weighted by molar-refractivity contribution is 0.0702. The summed E-state index contributed by atoms with van der Waals surface area (Å²) >= 11 is 0.998. The number of carbonyl (C=O) groups is 1. The lowest BCUT2D eigenvalue weighted by Crippen LogP contribution is -2.34. The van der Waals surface area contributed by atoms with Crippen molar-refractivity contribution < 1.29 is 18.3 Å². The molecular weight excluding hydrogens is 288 g/mol. The number of nitrogens with one attached hydrogen (secondary N) is 1. The summed E-state index contributed by atoms with van der Waals surface area (Å²) in [5.41, 5.74) is 0. The van der Waals surface area contributed by atoms with Crippen molar-refractivity contribution in [2.75, 3.05) is 26.2 Å². The smallest absolute Gasteiger partial charge is 0.345 e. The molecule has 0 aliphatic carbocycles. The summed E-state index contributed by atoms with van der Waals surface area (Å²) in [6, 6.07) is 1.26. The SMILES string of the molecule is Cc1sc(C(=O)O)cc1S(=O)(=O)N1CCCNCC1. The highest BCUT2D eigenvalue weighted by Crippen LogP contribution is 2.28. The van der Waals surface area contributed by atoms with E-state index >= 15 is 0 Å². The molecular formula is C11H16N2O4S2. The van der Waals surface area contributed by atoms with Crippen LogP contribution in [0.4, 0.5) is 0 Å². The number of carboxylic acids is 1. The second-order valence-electron chi connectivity index (χ2n) is 4.34. The van der Waals surface area contributed by atoms with Gasteiger partial charge in [-0.3, -0.25) is 0 Å². The Morgan fingerprint density at radius 1 is 1.42 bits per heavy atom. The molecule has 6 nitrogen and oxygen atoms in total. The molecule has 0 saturated carbocycles. The molecule has 0 aromatic carbocycles. The van der Waals surface area contributed by atoms with Crippen LogP contribution in [0.15, 0.2) is 11.0 Å². The molecule has 0 spiro atoms. The number of thiophene rings is 1. The predicted molar refractivity (Wildman–Crippen MR) is 72.3 cm³/mol. The van der Waals surface area contributed by atoms with Gasteiger partial charge in [-0.1, -0.05) is 0 Å². The Balaban J connectivity index is 2.35. The van der Waals surface area contributed by atoms with Crippen molar-refractivity contribution in [3.05, 3.63) is 15.8 Å². The number of hydrogen-bond donors (Lipinski definition) is 2. The largest absolute Gasteiger partial charge is 0.477 e. The van der Waals surface area contributed by atoms with Crippen LogP contribution in [0.2, 0.25) is 0 Å². The van der Waals surface area contributed by atoms with E-state index in [1.807, 2.05) is 0 Å². The Morgan fingerprint density at radius 3 is 2.79 bits per heavy atom. The molecule has 2 rings (SSSR count). The first-order chi connectivity index (χ1) is 8.93. The topological polar surface area (TPSA) is 86.7 Å².